The van der Waals surface area contributed by atoms with Crippen molar-refractivity contribution in [2.45, 2.75) is 0 Å². The summed E-state index contributed by atoms with van der Waals surface area (Å²) in [5, 5.41) is 0. The van der Waals surface area contributed by atoms with Crippen LogP contribution in [0.15, 0.2) is 22.8 Å². The van der Waals surface area contributed by atoms with E-state index in [0.717, 1.165) is 0 Å². The Hall–Kier alpha value is -0.610. The molecular formula is C10H14BrN3. The lowest BCUT2D eigenvalue weighted by atomic mass is 10.3. The molecule has 0 aliphatic carbocycles. The molecule has 2 rings (SSSR count). The van der Waals surface area contributed by atoms with Gasteiger partial charge in [-0.3, -0.25) is 0 Å². The molecule has 0 spiro atoms. The van der Waals surface area contributed by atoms with Gasteiger partial charge in [0.25, 0.3) is 0 Å². The van der Waals surface area contributed by atoms with Crippen LogP contribution in [0.25, 0.3) is 0 Å². The van der Waals surface area contributed by atoms with Crippen LogP contribution in [-0.2, 0) is 0 Å². The van der Waals surface area contributed by atoms with E-state index in [0.29, 0.717) is 4.47 Å². The van der Waals surface area contributed by atoms with Crippen molar-refractivity contribution in [3.8, 4) is 0 Å². The first kappa shape index (κ1) is 3.19. The van der Waals surface area contributed by atoms with Crippen molar-refractivity contribution in [2.75, 3.05) is 37.9 Å². The summed E-state index contributed by atoms with van der Waals surface area (Å²) in [6.07, 6.45) is 1.20. The van der Waals surface area contributed by atoms with E-state index >= 15 is 0 Å². The first-order chi connectivity index (χ1) is 11.0. The van der Waals surface area contributed by atoms with Gasteiger partial charge in [0, 0.05) is 46.3 Å². The molecule has 2 heterocycles. The lowest BCUT2D eigenvalue weighted by Gasteiger charge is -2.33. The summed E-state index contributed by atoms with van der Waals surface area (Å²) in [7, 11) is 0. The normalized spacial score (nSPS) is 45.5. The Morgan fingerprint density at radius 1 is 1.50 bits per heavy atom. The molecule has 1 aliphatic rings. The van der Waals surface area contributed by atoms with Crippen LogP contribution in [0, 0.1) is 0 Å². The van der Waals surface area contributed by atoms with Gasteiger partial charge in [0.2, 0.25) is 0 Å². The van der Waals surface area contributed by atoms with E-state index in [2.05, 4.69) is 20.9 Å². The molecule has 1 aromatic rings. The van der Waals surface area contributed by atoms with Gasteiger partial charge < -0.3 is 9.80 Å². The molecule has 0 radical (unpaired) electrons. The minimum Gasteiger partial charge on any atom is -0.354 e. The molecule has 4 heteroatoms. The van der Waals surface area contributed by atoms with Gasteiger partial charge in [-0.2, -0.15) is 0 Å². The quantitative estimate of drug-likeness (QED) is 0.770. The van der Waals surface area contributed by atoms with E-state index in [-0.39, 0.29) is 15.6 Å². The fourth-order valence-corrected chi connectivity index (χ4v) is 1.21. The molecule has 1 fully saturated rings. The molecule has 0 aromatic carbocycles. The van der Waals surface area contributed by atoms with E-state index < -0.39 is 33.0 Å². The van der Waals surface area contributed by atoms with Crippen molar-refractivity contribution in [1.82, 2.24) is 9.88 Å². The molecule has 3 nitrogen and oxygen atoms in total. The lowest BCUT2D eigenvalue weighted by molar-refractivity contribution is 0.312. The average Bonchev–Trinajstić information content (AvgIpc) is 2.33. The number of rotatable bonds is 1. The van der Waals surface area contributed by atoms with Gasteiger partial charge in [0.15, 0.2) is 0 Å². The fraction of sp³-hybridized carbons (Fsp3) is 0.500. The average molecular weight is 267 g/mol. The molecule has 1 aromatic heterocycles. The highest BCUT2D eigenvalue weighted by atomic mass is 79.9. The zero-order chi connectivity index (χ0) is 19.6. The number of pyridine rings is 1. The molecule has 1 aliphatic heterocycles. The van der Waals surface area contributed by atoms with Crippen LogP contribution in [0.1, 0.15) is 15.1 Å². The highest BCUT2D eigenvalue weighted by molar-refractivity contribution is 9.10. The number of nitrogens with zero attached hydrogens (tertiary/aromatic N) is 3. The molecule has 0 unspecified atom stereocenters. The van der Waals surface area contributed by atoms with Gasteiger partial charge in [0.05, 0.1) is 5.48 Å². The predicted molar refractivity (Wildman–Crippen MR) is 61.6 cm³/mol. The number of hydrogen-bond acceptors (Lipinski definition) is 3. The maximum Gasteiger partial charge on any atom is 0.129 e. The minimum atomic E-state index is -3.43. The van der Waals surface area contributed by atoms with Crippen molar-refractivity contribution in [1.29, 1.82) is 0 Å². The van der Waals surface area contributed by atoms with Crippen LogP contribution in [0.4, 0.5) is 5.82 Å². The zero-order valence-corrected chi connectivity index (χ0v) is 8.54. The standard InChI is InChI=1S/C10H14BrN3/c1-13-4-6-14(7-5-13)10-8-9(11)2-3-12-10/h2-3,8H,4-7H2,1H3/i1D3,4D2,5D2,6D2,7D2. The second-order valence-electron chi connectivity index (χ2n) is 2.45. The zero-order valence-electron chi connectivity index (χ0n) is 18.0. The van der Waals surface area contributed by atoms with Gasteiger partial charge >= 0.3 is 0 Å². The van der Waals surface area contributed by atoms with Crippen LogP contribution in [0.3, 0.4) is 0 Å². The van der Waals surface area contributed by atoms with Crippen molar-refractivity contribution in [3.63, 3.8) is 0 Å². The summed E-state index contributed by atoms with van der Waals surface area (Å²) in [6, 6.07) is 2.66. The van der Waals surface area contributed by atoms with Crippen molar-refractivity contribution >= 4 is 21.7 Å². The van der Waals surface area contributed by atoms with E-state index in [1.807, 2.05) is 0 Å². The van der Waals surface area contributed by atoms with Crippen LogP contribution in [-0.4, -0.2) is 42.8 Å². The van der Waals surface area contributed by atoms with Gasteiger partial charge in [-0.25, -0.2) is 4.98 Å². The summed E-state index contributed by atoms with van der Waals surface area (Å²) in [4.78, 5) is 3.62. The van der Waals surface area contributed by atoms with Crippen molar-refractivity contribution in [3.05, 3.63) is 22.8 Å². The first-order valence-electron chi connectivity index (χ1n) is 9.21. The Bertz CT molecular complexity index is 646. The first-order valence-corrected chi connectivity index (χ1v) is 4.50. The van der Waals surface area contributed by atoms with E-state index in [9.17, 15) is 0 Å². The van der Waals surface area contributed by atoms with Crippen LogP contribution >= 0.6 is 15.9 Å². The van der Waals surface area contributed by atoms with E-state index in [4.69, 9.17) is 15.1 Å². The largest absolute Gasteiger partial charge is 0.354 e. The third-order valence-electron chi connectivity index (χ3n) is 1.48. The topological polar surface area (TPSA) is 19.4 Å². The highest BCUT2D eigenvalue weighted by Gasteiger charge is 2.14. The van der Waals surface area contributed by atoms with Gasteiger partial charge in [0.1, 0.15) is 5.82 Å². The number of aromatic nitrogens is 1. The number of hydrogen-bond donors (Lipinski definition) is 0. The summed E-state index contributed by atoms with van der Waals surface area (Å²) in [6.45, 7) is -16.8. The minimum absolute atomic E-state index is 0.201. The third-order valence-corrected chi connectivity index (χ3v) is 1.98. The number of likely N-dealkylation sites (N-methyl/N-ethyl adjacent to an activating group) is 1. The van der Waals surface area contributed by atoms with Gasteiger partial charge in [-0.15, -0.1) is 0 Å². The molecule has 0 amide bonds. The molecule has 1 saturated heterocycles. The van der Waals surface area contributed by atoms with Crippen LogP contribution in [0.5, 0.6) is 0 Å². The van der Waals surface area contributed by atoms with Crippen LogP contribution < -0.4 is 4.90 Å². The summed E-state index contributed by atoms with van der Waals surface area (Å²) >= 11 is 3.11. The third kappa shape index (κ3) is 2.25. The fourth-order valence-electron chi connectivity index (χ4n) is 0.886. The van der Waals surface area contributed by atoms with Gasteiger partial charge in [-0.05, 0) is 19.1 Å². The molecule has 0 bridgehead atoms. The molecule has 76 valence electrons. The molecule has 0 saturated carbocycles. The highest BCUT2D eigenvalue weighted by Crippen LogP contribution is 2.17. The van der Waals surface area contributed by atoms with E-state index in [1.165, 1.54) is 18.3 Å². The van der Waals surface area contributed by atoms with Crippen LogP contribution in [0.2, 0.25) is 0 Å². The summed E-state index contributed by atoms with van der Waals surface area (Å²) in [5.41, 5.74) is 0. The van der Waals surface area contributed by atoms with Crippen molar-refractivity contribution in [2.24, 2.45) is 0 Å². The SMILES string of the molecule is [2H]C([2H])([2H])N1C([2H])([2H])C([2H])([2H])N(c2cc(Br)ccn2)C([2H])([2H])C1([2H])[2H]. The molecule has 0 N–H and O–H groups in total. The second kappa shape index (κ2) is 4.28. The molecular weight excluding hydrogens is 242 g/mol. The Morgan fingerprint density at radius 2 is 2.29 bits per heavy atom. The smallest absolute Gasteiger partial charge is 0.129 e. The maximum absolute atomic E-state index is 8.10. The summed E-state index contributed by atoms with van der Waals surface area (Å²) < 4.78 is 86.9. The Morgan fingerprint density at radius 3 is 2.93 bits per heavy atom. The number of piperazine rings is 1. The van der Waals surface area contributed by atoms with Gasteiger partial charge in [-0.1, -0.05) is 15.9 Å². The monoisotopic (exact) mass is 266 g/mol. The second-order valence-corrected chi connectivity index (χ2v) is 3.37. The lowest BCUT2D eigenvalue weighted by Crippen LogP contribution is -2.44. The Balaban J connectivity index is 2.80. The number of anilines is 1. The predicted octanol–water partition coefficient (Wildman–Crippen LogP) is 1.60. The Kier molecular flexibility index (Phi) is 0.974. The molecule has 0 atom stereocenters. The number of halogens is 1. The maximum atomic E-state index is 8.10. The molecule has 14 heavy (non-hydrogen) atoms. The van der Waals surface area contributed by atoms with E-state index in [1.54, 1.807) is 0 Å². The summed E-state index contributed by atoms with van der Waals surface area (Å²) in [5.74, 6) is -0.387. The van der Waals surface area contributed by atoms with Crippen molar-refractivity contribution < 1.29 is 15.1 Å². The Labute approximate surface area is 108 Å².